The average molecular weight is 242 g/mol. The lowest BCUT2D eigenvalue weighted by molar-refractivity contribution is 0.101. The molecule has 18 heavy (non-hydrogen) atoms. The number of ketones is 1. The van der Waals surface area contributed by atoms with E-state index in [4.69, 9.17) is 10.2 Å². The van der Waals surface area contributed by atoms with Crippen LogP contribution in [0.15, 0.2) is 28.9 Å². The number of nitrogens with zero attached hydrogens (tertiary/aromatic N) is 2. The summed E-state index contributed by atoms with van der Waals surface area (Å²) in [5.41, 5.74) is 7.56. The average Bonchev–Trinajstić information content (AvgIpc) is 2.96. The van der Waals surface area contributed by atoms with Gasteiger partial charge in [-0.3, -0.25) is 9.89 Å². The number of benzene rings is 1. The zero-order chi connectivity index (χ0) is 12.7. The number of carbonyl (C=O) groups excluding carboxylic acids is 1. The number of aromatic nitrogens is 3. The predicted octanol–water partition coefficient (Wildman–Crippen LogP) is 2.00. The van der Waals surface area contributed by atoms with Crippen LogP contribution in [-0.4, -0.2) is 21.0 Å². The third-order valence-corrected chi connectivity index (χ3v) is 2.70. The topological polar surface area (TPSA) is 97.8 Å². The molecule has 3 rings (SSSR count). The van der Waals surface area contributed by atoms with Crippen LogP contribution in [0.2, 0.25) is 0 Å². The fourth-order valence-electron chi connectivity index (χ4n) is 1.74. The van der Waals surface area contributed by atoms with Crippen molar-refractivity contribution in [3.63, 3.8) is 0 Å². The van der Waals surface area contributed by atoms with Crippen molar-refractivity contribution in [3.05, 3.63) is 30.2 Å². The molecule has 0 aliphatic carbocycles. The molecule has 2 aromatic heterocycles. The molecule has 6 heteroatoms. The lowest BCUT2D eigenvalue weighted by Crippen LogP contribution is -1.91. The fourth-order valence-corrected chi connectivity index (χ4v) is 1.74. The number of oxazole rings is 1. The van der Waals surface area contributed by atoms with Crippen LogP contribution in [0.3, 0.4) is 0 Å². The van der Waals surface area contributed by atoms with Gasteiger partial charge in [0.25, 0.3) is 0 Å². The van der Waals surface area contributed by atoms with E-state index in [1.807, 2.05) is 18.2 Å². The normalized spacial score (nSPS) is 10.9. The van der Waals surface area contributed by atoms with Gasteiger partial charge in [-0.1, -0.05) is 0 Å². The molecule has 1 aromatic carbocycles. The molecule has 0 bridgehead atoms. The summed E-state index contributed by atoms with van der Waals surface area (Å²) in [4.78, 5) is 15.3. The van der Waals surface area contributed by atoms with Gasteiger partial charge in [0.15, 0.2) is 11.6 Å². The molecule has 0 aliphatic rings. The Kier molecular flexibility index (Phi) is 2.16. The first-order valence-electron chi connectivity index (χ1n) is 5.35. The van der Waals surface area contributed by atoms with Crippen LogP contribution in [0.5, 0.6) is 0 Å². The number of aromatic amines is 1. The van der Waals surface area contributed by atoms with Crippen molar-refractivity contribution in [1.29, 1.82) is 0 Å². The number of rotatable bonds is 2. The molecule has 90 valence electrons. The van der Waals surface area contributed by atoms with E-state index in [-0.39, 0.29) is 5.78 Å². The van der Waals surface area contributed by atoms with E-state index in [1.165, 1.54) is 13.2 Å². The van der Waals surface area contributed by atoms with Crippen molar-refractivity contribution in [1.82, 2.24) is 15.2 Å². The second-order valence-corrected chi connectivity index (χ2v) is 3.96. The maximum Gasteiger partial charge on any atom is 0.226 e. The Morgan fingerprint density at radius 3 is 3.00 bits per heavy atom. The van der Waals surface area contributed by atoms with Gasteiger partial charge in [0.05, 0.1) is 5.52 Å². The molecule has 2 heterocycles. The van der Waals surface area contributed by atoms with Crippen molar-refractivity contribution in [3.8, 4) is 11.5 Å². The molecule has 6 nitrogen and oxygen atoms in total. The second kappa shape index (κ2) is 3.69. The minimum absolute atomic E-state index is 0.128. The summed E-state index contributed by atoms with van der Waals surface area (Å²) in [6.45, 7) is 1.44. The van der Waals surface area contributed by atoms with Crippen molar-refractivity contribution >= 4 is 22.5 Å². The van der Waals surface area contributed by atoms with Gasteiger partial charge in [-0.2, -0.15) is 5.10 Å². The van der Waals surface area contributed by atoms with Crippen LogP contribution < -0.4 is 5.73 Å². The number of nitrogens with two attached hydrogens (primary N) is 1. The molecule has 0 spiro atoms. The minimum atomic E-state index is -0.128. The van der Waals surface area contributed by atoms with E-state index in [0.29, 0.717) is 17.4 Å². The Labute approximate surface area is 102 Å². The molecule has 0 aliphatic heterocycles. The number of Topliss-reactive ketones (excluding diaryl/α,β-unsaturated/α-hetero) is 1. The summed E-state index contributed by atoms with van der Waals surface area (Å²) in [5, 5.41) is 7.57. The molecule has 3 aromatic rings. The van der Waals surface area contributed by atoms with E-state index in [0.717, 1.165) is 16.5 Å². The molecule has 0 amide bonds. The molecule has 0 fully saturated rings. The summed E-state index contributed by atoms with van der Waals surface area (Å²) < 4.78 is 5.27. The zero-order valence-electron chi connectivity index (χ0n) is 9.60. The van der Waals surface area contributed by atoms with Crippen LogP contribution >= 0.6 is 0 Å². The number of carbonyl (C=O) groups is 1. The Bertz CT molecular complexity index is 741. The molecule has 0 saturated carbocycles. The van der Waals surface area contributed by atoms with E-state index >= 15 is 0 Å². The summed E-state index contributed by atoms with van der Waals surface area (Å²) in [7, 11) is 0. The molecule has 0 radical (unpaired) electrons. The molecule has 3 N–H and O–H groups in total. The SMILES string of the molecule is CC(=O)c1coc(-c2ccc3c(N)n[nH]c3c2)n1. The predicted molar refractivity (Wildman–Crippen MR) is 66.0 cm³/mol. The lowest BCUT2D eigenvalue weighted by atomic mass is 10.1. The number of hydrogen-bond acceptors (Lipinski definition) is 5. The van der Waals surface area contributed by atoms with Crippen molar-refractivity contribution in [2.45, 2.75) is 6.92 Å². The molecule has 0 saturated heterocycles. The van der Waals surface area contributed by atoms with Gasteiger partial charge in [-0.05, 0) is 18.2 Å². The van der Waals surface area contributed by atoms with Crippen LogP contribution in [0.4, 0.5) is 5.82 Å². The number of nitrogen functional groups attached to an aromatic ring is 1. The highest BCUT2D eigenvalue weighted by Gasteiger charge is 2.11. The quantitative estimate of drug-likeness (QED) is 0.670. The minimum Gasteiger partial charge on any atom is -0.444 e. The number of nitrogens with one attached hydrogen (secondary N) is 1. The fraction of sp³-hybridized carbons (Fsp3) is 0.0833. The first kappa shape index (κ1) is 10.5. The summed E-state index contributed by atoms with van der Waals surface area (Å²) in [6.07, 6.45) is 1.35. The van der Waals surface area contributed by atoms with Gasteiger partial charge in [0.1, 0.15) is 12.0 Å². The smallest absolute Gasteiger partial charge is 0.226 e. The first-order chi connectivity index (χ1) is 8.65. The van der Waals surface area contributed by atoms with Gasteiger partial charge in [0, 0.05) is 17.9 Å². The molecular weight excluding hydrogens is 232 g/mol. The number of fused-ring (bicyclic) bond motifs is 1. The van der Waals surface area contributed by atoms with Crippen molar-refractivity contribution in [2.24, 2.45) is 0 Å². The van der Waals surface area contributed by atoms with Gasteiger partial charge in [0.2, 0.25) is 5.89 Å². The van der Waals surface area contributed by atoms with Crippen molar-refractivity contribution in [2.75, 3.05) is 5.73 Å². The third-order valence-electron chi connectivity index (χ3n) is 2.70. The summed E-state index contributed by atoms with van der Waals surface area (Å²) >= 11 is 0. The number of hydrogen-bond donors (Lipinski definition) is 2. The van der Waals surface area contributed by atoms with Gasteiger partial charge in [-0.15, -0.1) is 0 Å². The van der Waals surface area contributed by atoms with E-state index < -0.39 is 0 Å². The largest absolute Gasteiger partial charge is 0.444 e. The zero-order valence-corrected chi connectivity index (χ0v) is 9.60. The maximum absolute atomic E-state index is 11.2. The highest BCUT2D eigenvalue weighted by molar-refractivity contribution is 5.93. The monoisotopic (exact) mass is 242 g/mol. The Hall–Kier alpha value is -2.63. The summed E-state index contributed by atoms with van der Waals surface area (Å²) in [5.74, 6) is 0.723. The molecular formula is C12H10N4O2. The standard InChI is InChI=1S/C12H10N4O2/c1-6(17)10-5-18-12(14-10)7-2-3-8-9(4-7)15-16-11(8)13/h2-5H,1H3,(H3,13,15,16). The highest BCUT2D eigenvalue weighted by Crippen LogP contribution is 2.25. The van der Waals surface area contributed by atoms with Gasteiger partial charge < -0.3 is 10.2 Å². The number of H-pyrrole nitrogens is 1. The van der Waals surface area contributed by atoms with Gasteiger partial charge >= 0.3 is 0 Å². The van der Waals surface area contributed by atoms with E-state index in [1.54, 1.807) is 0 Å². The Morgan fingerprint density at radius 1 is 1.44 bits per heavy atom. The lowest BCUT2D eigenvalue weighted by Gasteiger charge is -1.95. The van der Waals surface area contributed by atoms with Crippen molar-refractivity contribution < 1.29 is 9.21 Å². The van der Waals surface area contributed by atoms with Crippen LogP contribution in [-0.2, 0) is 0 Å². The number of anilines is 1. The van der Waals surface area contributed by atoms with Crippen LogP contribution in [0.25, 0.3) is 22.4 Å². The van der Waals surface area contributed by atoms with Crippen LogP contribution in [0.1, 0.15) is 17.4 Å². The maximum atomic E-state index is 11.2. The third kappa shape index (κ3) is 1.55. The van der Waals surface area contributed by atoms with E-state index in [2.05, 4.69) is 15.2 Å². The van der Waals surface area contributed by atoms with Gasteiger partial charge in [-0.25, -0.2) is 4.98 Å². The van der Waals surface area contributed by atoms with Crippen LogP contribution in [0, 0.1) is 0 Å². The molecule has 0 atom stereocenters. The summed E-state index contributed by atoms with van der Waals surface area (Å²) in [6, 6.07) is 5.49. The Balaban J connectivity index is 2.10. The van der Waals surface area contributed by atoms with E-state index in [9.17, 15) is 4.79 Å². The Morgan fingerprint density at radius 2 is 2.28 bits per heavy atom. The first-order valence-corrected chi connectivity index (χ1v) is 5.35. The second-order valence-electron chi connectivity index (χ2n) is 3.96. The highest BCUT2D eigenvalue weighted by atomic mass is 16.3. The molecule has 0 unspecified atom stereocenters.